The van der Waals surface area contributed by atoms with E-state index in [4.69, 9.17) is 31.2 Å². The Bertz CT molecular complexity index is 945. The van der Waals surface area contributed by atoms with Crippen molar-refractivity contribution in [2.45, 2.75) is 30.9 Å². The second-order valence-electron chi connectivity index (χ2n) is 5.07. The Morgan fingerprint density at radius 3 is 3.09 bits per heavy atom. The molecule has 1 saturated heterocycles. The molecule has 3 rings (SSSR count). The molecule has 3 heterocycles. The van der Waals surface area contributed by atoms with Crippen LogP contribution in [0.4, 0.5) is 5.95 Å². The molecule has 0 radical (unpaired) electrons. The van der Waals surface area contributed by atoms with E-state index >= 15 is 0 Å². The number of hydrogen-bond acceptors (Lipinski definition) is 8. The van der Waals surface area contributed by atoms with Crippen LogP contribution in [0.1, 0.15) is 15.9 Å². The molecule has 23 heavy (non-hydrogen) atoms. The van der Waals surface area contributed by atoms with Crippen LogP contribution >= 0.6 is 12.2 Å². The molecule has 1 unspecified atom stereocenters. The molecule has 1 aliphatic rings. The van der Waals surface area contributed by atoms with Gasteiger partial charge in [-0.3, -0.25) is 4.57 Å². The zero-order valence-electron chi connectivity index (χ0n) is 14.0. The van der Waals surface area contributed by atoms with Crippen molar-refractivity contribution in [3.63, 3.8) is 0 Å². The van der Waals surface area contributed by atoms with Crippen molar-refractivity contribution in [2.24, 2.45) is 5.73 Å². The first kappa shape index (κ1) is 13.4. The average molecular weight is 338 g/mol. The van der Waals surface area contributed by atoms with Gasteiger partial charge in [0.25, 0.3) is 0 Å². The van der Waals surface area contributed by atoms with Crippen LogP contribution in [0.25, 0.3) is 11.2 Å². The summed E-state index contributed by atoms with van der Waals surface area (Å²) in [4.78, 5) is 10.8. The number of rotatable bonds is 2. The van der Waals surface area contributed by atoms with Gasteiger partial charge >= 0.3 is 0 Å². The molecule has 10 heteroatoms. The summed E-state index contributed by atoms with van der Waals surface area (Å²) in [6, 6.07) is 0. The Balaban J connectivity index is 2.21. The molecule has 9 nitrogen and oxygen atoms in total. The molecule has 0 aliphatic carbocycles. The monoisotopic (exact) mass is 338 g/mol. The van der Waals surface area contributed by atoms with Crippen LogP contribution in [0, 0.1) is 16.5 Å². The molecule has 7 N–H and O–H groups in total. The van der Waals surface area contributed by atoms with Crippen LogP contribution in [0.2, 0.25) is 0 Å². The van der Waals surface area contributed by atoms with Crippen LogP contribution in [-0.2, 0) is 4.74 Å². The van der Waals surface area contributed by atoms with Crippen LogP contribution in [-0.4, -0.2) is 54.0 Å². The highest BCUT2D eigenvalue weighted by Crippen LogP contribution is 2.37. The number of imidazole rings is 1. The second-order valence-corrected chi connectivity index (χ2v) is 5.45. The standard InChI is InChI=1S/C13H16N6O3S/c1-2-3-13(15)8(21)6(4-20)22-11(13)19-5-16-7-9(19)17-12(14)18-10(7)23/h5-6,8,11,20-21H,4,15H2,1H3,(H3,14,17,18,23)/t6-,8+,11-,13?/m1/s1/i4D2. The molecule has 2 aromatic heterocycles. The van der Waals surface area contributed by atoms with E-state index in [9.17, 15) is 10.2 Å². The summed E-state index contributed by atoms with van der Waals surface area (Å²) < 4.78 is 22.0. The van der Waals surface area contributed by atoms with Gasteiger partial charge in [-0.25, -0.2) is 9.97 Å². The first-order chi connectivity index (χ1) is 11.6. The summed E-state index contributed by atoms with van der Waals surface area (Å²) in [6.07, 6.45) is -3.06. The molecule has 2 aromatic rings. The Hall–Kier alpha value is -2.03. The fraction of sp³-hybridized carbons (Fsp3) is 0.462. The van der Waals surface area contributed by atoms with Crippen molar-refractivity contribution in [1.82, 2.24) is 19.5 Å². The van der Waals surface area contributed by atoms with Gasteiger partial charge in [0.15, 0.2) is 22.4 Å². The quantitative estimate of drug-likeness (QED) is 0.347. The fourth-order valence-electron chi connectivity index (χ4n) is 2.60. The number of nitrogens with two attached hydrogens (primary N) is 2. The highest BCUT2D eigenvalue weighted by atomic mass is 32.1. The number of aliphatic hydroxyl groups excluding tert-OH is 1. The topological polar surface area (TPSA) is 148 Å². The fourth-order valence-corrected chi connectivity index (χ4v) is 2.85. The van der Waals surface area contributed by atoms with Crippen molar-refractivity contribution in [3.05, 3.63) is 11.0 Å². The predicted octanol–water partition coefficient (Wildman–Crippen LogP) is -0.958. The average Bonchev–Trinajstić information content (AvgIpc) is 3.00. The van der Waals surface area contributed by atoms with Crippen molar-refractivity contribution in [2.75, 3.05) is 12.3 Å². The van der Waals surface area contributed by atoms with Gasteiger partial charge in [-0.1, -0.05) is 18.1 Å². The normalized spacial score (nSPS) is 32.3. The first-order valence-corrected chi connectivity index (χ1v) is 7.01. The van der Waals surface area contributed by atoms with Crippen molar-refractivity contribution in [1.29, 1.82) is 0 Å². The van der Waals surface area contributed by atoms with Gasteiger partial charge < -0.3 is 31.4 Å². The van der Waals surface area contributed by atoms with Gasteiger partial charge in [-0.2, -0.15) is 0 Å². The van der Waals surface area contributed by atoms with E-state index in [-0.39, 0.29) is 10.6 Å². The summed E-state index contributed by atoms with van der Waals surface area (Å²) in [5.74, 6) is 5.28. The number of anilines is 1. The van der Waals surface area contributed by atoms with E-state index in [0.717, 1.165) is 0 Å². The first-order valence-electron chi connectivity index (χ1n) is 7.60. The highest BCUT2D eigenvalue weighted by molar-refractivity contribution is 7.71. The van der Waals surface area contributed by atoms with Crippen LogP contribution < -0.4 is 11.5 Å². The number of aromatic nitrogens is 4. The summed E-state index contributed by atoms with van der Waals surface area (Å²) >= 11 is 5.11. The number of H-pyrrole nitrogens is 1. The molecule has 0 aromatic carbocycles. The number of fused-ring (bicyclic) bond motifs is 1. The third-order valence-corrected chi connectivity index (χ3v) is 3.93. The lowest BCUT2D eigenvalue weighted by molar-refractivity contribution is -0.0447. The van der Waals surface area contributed by atoms with Gasteiger partial charge in [0.05, 0.1) is 15.6 Å². The molecule has 0 spiro atoms. The molecular weight excluding hydrogens is 320 g/mol. The molecule has 0 amide bonds. The van der Waals surface area contributed by atoms with E-state index < -0.39 is 30.5 Å². The Morgan fingerprint density at radius 1 is 1.70 bits per heavy atom. The highest BCUT2D eigenvalue weighted by Gasteiger charge is 2.54. The molecule has 0 saturated carbocycles. The lowest BCUT2D eigenvalue weighted by Gasteiger charge is -2.27. The van der Waals surface area contributed by atoms with Crippen molar-refractivity contribution < 1.29 is 17.7 Å². The Morgan fingerprint density at radius 2 is 2.43 bits per heavy atom. The third kappa shape index (κ3) is 2.30. The van der Waals surface area contributed by atoms with Crippen LogP contribution in [0.3, 0.4) is 0 Å². The van der Waals surface area contributed by atoms with Crippen LogP contribution in [0.15, 0.2) is 6.33 Å². The Kier molecular flexibility index (Phi) is 3.24. The van der Waals surface area contributed by atoms with E-state index in [2.05, 4.69) is 26.8 Å². The molecule has 122 valence electrons. The van der Waals surface area contributed by atoms with Crippen LogP contribution in [0.5, 0.6) is 0 Å². The molecule has 4 atom stereocenters. The van der Waals surface area contributed by atoms with E-state index in [0.29, 0.717) is 11.2 Å². The molecule has 1 fully saturated rings. The lowest BCUT2D eigenvalue weighted by Crippen LogP contribution is -2.53. The predicted molar refractivity (Wildman–Crippen MR) is 84.5 cm³/mol. The van der Waals surface area contributed by atoms with E-state index in [1.54, 1.807) is 0 Å². The minimum absolute atomic E-state index is 0.0380. The number of aliphatic hydroxyl groups is 2. The van der Waals surface area contributed by atoms with Gasteiger partial charge in [0.2, 0.25) is 0 Å². The maximum Gasteiger partial charge on any atom is 0.200 e. The summed E-state index contributed by atoms with van der Waals surface area (Å²) in [6.45, 7) is -1.32. The number of nitrogens with zero attached hydrogens (tertiary/aromatic N) is 3. The maximum atomic E-state index is 10.5. The number of nitrogen functional groups attached to an aromatic ring is 1. The van der Waals surface area contributed by atoms with E-state index in [1.165, 1.54) is 17.8 Å². The minimum Gasteiger partial charge on any atom is -0.394 e. The summed E-state index contributed by atoms with van der Waals surface area (Å²) in [7, 11) is 0. The number of aromatic amines is 1. The van der Waals surface area contributed by atoms with Crippen molar-refractivity contribution in [3.8, 4) is 11.8 Å². The van der Waals surface area contributed by atoms with E-state index in [1.807, 2.05) is 0 Å². The summed E-state index contributed by atoms with van der Waals surface area (Å²) in [5, 5.41) is 20.1. The summed E-state index contributed by atoms with van der Waals surface area (Å²) in [5.41, 5.74) is 10.9. The maximum absolute atomic E-state index is 10.5. The number of nitrogens with one attached hydrogen (secondary N) is 1. The SMILES string of the molecule is [2H]C([2H])(O)[C@H]1O[C@@H](n2cnc3c(=S)nc(N)[nH]c32)C(N)(C#CC)[C@H]1O. The van der Waals surface area contributed by atoms with Gasteiger partial charge in [0, 0.05) is 0 Å². The van der Waals surface area contributed by atoms with Crippen molar-refractivity contribution >= 4 is 29.3 Å². The number of ether oxygens (including phenoxy) is 1. The lowest BCUT2D eigenvalue weighted by atomic mass is 9.91. The Labute approximate surface area is 139 Å². The second kappa shape index (κ2) is 5.55. The van der Waals surface area contributed by atoms with Gasteiger partial charge in [-0.05, 0) is 6.92 Å². The largest absolute Gasteiger partial charge is 0.394 e. The molecule has 0 bridgehead atoms. The molecular formula is C13H16N6O3S. The number of hydrogen-bond donors (Lipinski definition) is 5. The van der Waals surface area contributed by atoms with Gasteiger partial charge in [0.1, 0.15) is 23.4 Å². The smallest absolute Gasteiger partial charge is 0.200 e. The minimum atomic E-state index is -2.84. The zero-order chi connectivity index (χ0) is 18.6. The van der Waals surface area contributed by atoms with Gasteiger partial charge in [-0.15, -0.1) is 5.92 Å². The molecule has 1 aliphatic heterocycles. The third-order valence-electron chi connectivity index (χ3n) is 3.65. The zero-order valence-corrected chi connectivity index (χ0v) is 12.8.